The Labute approximate surface area is 119 Å². The molecule has 0 bridgehead atoms. The van der Waals surface area contributed by atoms with Crippen LogP contribution in [0.4, 0.5) is 5.69 Å². The summed E-state index contributed by atoms with van der Waals surface area (Å²) in [4.78, 5) is 4.17. The highest BCUT2D eigenvalue weighted by atomic mass is 14.9. The molecule has 2 heteroatoms. The summed E-state index contributed by atoms with van der Waals surface area (Å²) >= 11 is 0. The van der Waals surface area contributed by atoms with Gasteiger partial charge in [0.2, 0.25) is 0 Å². The van der Waals surface area contributed by atoms with Gasteiger partial charge in [0.15, 0.2) is 0 Å². The van der Waals surface area contributed by atoms with E-state index in [1.54, 1.807) is 0 Å². The number of aromatic nitrogens is 1. The summed E-state index contributed by atoms with van der Waals surface area (Å²) in [5.74, 6) is 0. The number of anilines is 1. The summed E-state index contributed by atoms with van der Waals surface area (Å²) in [6.07, 6.45) is 3.76. The zero-order chi connectivity index (χ0) is 13.9. The zero-order valence-electron chi connectivity index (χ0n) is 11.9. The lowest BCUT2D eigenvalue weighted by Crippen LogP contribution is -2.00. The second-order valence-corrected chi connectivity index (χ2v) is 5.17. The number of benzene rings is 2. The lowest BCUT2D eigenvalue weighted by Gasteiger charge is -2.10. The number of hydrogen-bond acceptors (Lipinski definition) is 2. The van der Waals surface area contributed by atoms with E-state index in [4.69, 9.17) is 0 Å². The third kappa shape index (κ3) is 2.50. The normalized spacial score (nSPS) is 10.7. The van der Waals surface area contributed by atoms with Crippen molar-refractivity contribution in [1.29, 1.82) is 0 Å². The minimum absolute atomic E-state index is 0.823. The van der Waals surface area contributed by atoms with E-state index in [1.165, 1.54) is 33.2 Å². The first-order valence-corrected chi connectivity index (χ1v) is 6.87. The van der Waals surface area contributed by atoms with Crippen molar-refractivity contribution >= 4 is 16.5 Å². The molecule has 100 valence electrons. The van der Waals surface area contributed by atoms with Crippen molar-refractivity contribution in [2.24, 2.45) is 0 Å². The molecule has 1 heterocycles. The first-order valence-electron chi connectivity index (χ1n) is 6.87. The average molecular weight is 262 g/mol. The van der Waals surface area contributed by atoms with Gasteiger partial charge in [0.25, 0.3) is 0 Å². The maximum absolute atomic E-state index is 4.17. The van der Waals surface area contributed by atoms with Crippen molar-refractivity contribution in [3.63, 3.8) is 0 Å². The van der Waals surface area contributed by atoms with E-state index in [1.807, 2.05) is 12.4 Å². The van der Waals surface area contributed by atoms with E-state index < -0.39 is 0 Å². The van der Waals surface area contributed by atoms with Crippen molar-refractivity contribution < 1.29 is 0 Å². The van der Waals surface area contributed by atoms with Crippen LogP contribution >= 0.6 is 0 Å². The molecule has 0 aliphatic rings. The number of nitrogens with one attached hydrogen (secondary N) is 1. The van der Waals surface area contributed by atoms with Crippen LogP contribution in [-0.2, 0) is 6.54 Å². The number of pyridine rings is 1. The summed E-state index contributed by atoms with van der Waals surface area (Å²) in [7, 11) is 0. The summed E-state index contributed by atoms with van der Waals surface area (Å²) in [5.41, 5.74) is 5.10. The molecular weight excluding hydrogens is 244 g/mol. The fourth-order valence-electron chi connectivity index (χ4n) is 2.39. The Morgan fingerprint density at radius 2 is 1.90 bits per heavy atom. The van der Waals surface area contributed by atoms with Gasteiger partial charge in [0, 0.05) is 30.0 Å². The predicted octanol–water partition coefficient (Wildman–Crippen LogP) is 4.46. The molecule has 0 radical (unpaired) electrons. The maximum atomic E-state index is 4.17. The summed E-state index contributed by atoms with van der Waals surface area (Å²) in [6.45, 7) is 5.10. The Balaban J connectivity index is 1.85. The molecule has 1 aromatic heterocycles. The number of aryl methyl sites for hydroxylation is 2. The van der Waals surface area contributed by atoms with Gasteiger partial charge in [-0.3, -0.25) is 4.98 Å². The van der Waals surface area contributed by atoms with Gasteiger partial charge >= 0.3 is 0 Å². The van der Waals surface area contributed by atoms with Gasteiger partial charge in [0.1, 0.15) is 0 Å². The van der Waals surface area contributed by atoms with E-state index in [9.17, 15) is 0 Å². The van der Waals surface area contributed by atoms with Crippen LogP contribution in [0.5, 0.6) is 0 Å². The molecule has 0 amide bonds. The third-order valence-electron chi connectivity index (χ3n) is 3.76. The highest BCUT2D eigenvalue weighted by molar-refractivity contribution is 5.84. The second kappa shape index (κ2) is 5.33. The number of hydrogen-bond donors (Lipinski definition) is 1. The topological polar surface area (TPSA) is 24.9 Å². The summed E-state index contributed by atoms with van der Waals surface area (Å²) < 4.78 is 0. The van der Waals surface area contributed by atoms with Crippen molar-refractivity contribution in [1.82, 2.24) is 4.98 Å². The third-order valence-corrected chi connectivity index (χ3v) is 3.76. The molecule has 3 aromatic rings. The minimum atomic E-state index is 0.823. The largest absolute Gasteiger partial charge is 0.381 e. The first kappa shape index (κ1) is 12.7. The lowest BCUT2D eigenvalue weighted by molar-refractivity contribution is 1.16. The molecule has 3 rings (SSSR count). The molecule has 0 aliphatic heterocycles. The molecule has 0 saturated carbocycles. The van der Waals surface area contributed by atoms with Gasteiger partial charge in [-0.1, -0.05) is 24.3 Å². The predicted molar refractivity (Wildman–Crippen MR) is 85.0 cm³/mol. The standard InChI is InChI=1S/C18H18N2/c1-13-6-7-17(10-14(13)2)20-12-16-5-3-4-15-11-19-9-8-18(15)16/h3-11,20H,12H2,1-2H3. The maximum Gasteiger partial charge on any atom is 0.0406 e. The SMILES string of the molecule is Cc1ccc(NCc2cccc3cnccc23)cc1C. The molecule has 20 heavy (non-hydrogen) atoms. The van der Waals surface area contributed by atoms with Gasteiger partial charge in [-0.25, -0.2) is 0 Å². The van der Waals surface area contributed by atoms with Gasteiger partial charge in [-0.05, 0) is 54.1 Å². The van der Waals surface area contributed by atoms with E-state index in [2.05, 4.69) is 66.6 Å². The smallest absolute Gasteiger partial charge is 0.0406 e. The highest BCUT2D eigenvalue weighted by Crippen LogP contribution is 2.20. The quantitative estimate of drug-likeness (QED) is 0.753. The Kier molecular flexibility index (Phi) is 3.38. The van der Waals surface area contributed by atoms with E-state index in [-0.39, 0.29) is 0 Å². The molecule has 2 nitrogen and oxygen atoms in total. The summed E-state index contributed by atoms with van der Waals surface area (Å²) in [6, 6.07) is 14.9. The fraction of sp³-hybridized carbons (Fsp3) is 0.167. The second-order valence-electron chi connectivity index (χ2n) is 5.17. The Bertz CT molecular complexity index is 742. The Hall–Kier alpha value is -2.35. The van der Waals surface area contributed by atoms with Crippen LogP contribution in [0.15, 0.2) is 54.9 Å². The molecule has 0 saturated heterocycles. The minimum Gasteiger partial charge on any atom is -0.381 e. The van der Waals surface area contributed by atoms with Crippen molar-refractivity contribution in [2.45, 2.75) is 20.4 Å². The zero-order valence-corrected chi connectivity index (χ0v) is 11.9. The molecule has 0 fully saturated rings. The average Bonchev–Trinajstić information content (AvgIpc) is 2.48. The molecule has 0 atom stereocenters. The van der Waals surface area contributed by atoms with Crippen LogP contribution in [0, 0.1) is 13.8 Å². The monoisotopic (exact) mass is 262 g/mol. The molecule has 0 spiro atoms. The molecular formula is C18H18N2. The fourth-order valence-corrected chi connectivity index (χ4v) is 2.39. The molecule has 2 aromatic carbocycles. The molecule has 0 aliphatic carbocycles. The lowest BCUT2D eigenvalue weighted by atomic mass is 10.1. The number of nitrogens with zero attached hydrogens (tertiary/aromatic N) is 1. The van der Waals surface area contributed by atoms with Gasteiger partial charge in [0.05, 0.1) is 0 Å². The Morgan fingerprint density at radius 3 is 2.75 bits per heavy atom. The number of rotatable bonds is 3. The summed E-state index contributed by atoms with van der Waals surface area (Å²) in [5, 5.41) is 5.95. The van der Waals surface area contributed by atoms with Gasteiger partial charge < -0.3 is 5.32 Å². The highest BCUT2D eigenvalue weighted by Gasteiger charge is 2.01. The Morgan fingerprint density at radius 1 is 1.00 bits per heavy atom. The van der Waals surface area contributed by atoms with Crippen LogP contribution in [0.3, 0.4) is 0 Å². The van der Waals surface area contributed by atoms with Crippen LogP contribution < -0.4 is 5.32 Å². The number of fused-ring (bicyclic) bond motifs is 1. The van der Waals surface area contributed by atoms with E-state index in [0.29, 0.717) is 0 Å². The van der Waals surface area contributed by atoms with Gasteiger partial charge in [-0.2, -0.15) is 0 Å². The van der Waals surface area contributed by atoms with Gasteiger partial charge in [-0.15, -0.1) is 0 Å². The van der Waals surface area contributed by atoms with E-state index in [0.717, 1.165) is 6.54 Å². The van der Waals surface area contributed by atoms with Crippen LogP contribution in [0.1, 0.15) is 16.7 Å². The van der Waals surface area contributed by atoms with Crippen molar-refractivity contribution in [3.05, 3.63) is 71.5 Å². The molecule has 0 unspecified atom stereocenters. The first-order chi connectivity index (χ1) is 9.74. The molecule has 1 N–H and O–H groups in total. The van der Waals surface area contributed by atoms with Crippen LogP contribution in [0.2, 0.25) is 0 Å². The van der Waals surface area contributed by atoms with Crippen molar-refractivity contribution in [2.75, 3.05) is 5.32 Å². The van der Waals surface area contributed by atoms with Crippen LogP contribution in [-0.4, -0.2) is 4.98 Å². The van der Waals surface area contributed by atoms with Crippen LogP contribution in [0.25, 0.3) is 10.8 Å². The van der Waals surface area contributed by atoms with Crippen molar-refractivity contribution in [3.8, 4) is 0 Å². The van der Waals surface area contributed by atoms with E-state index >= 15 is 0 Å².